The first kappa shape index (κ1) is 10.0. The van der Waals surface area contributed by atoms with Crippen LogP contribution in [0.5, 0.6) is 0 Å². The minimum atomic E-state index is 0.926. The Hall–Kier alpha value is 0. The molecular weight excluding hydrogens is 120 g/mol. The second-order valence-electron chi connectivity index (χ2n) is 3.41. The highest BCUT2D eigenvalue weighted by Gasteiger charge is 2.20. The van der Waals surface area contributed by atoms with Gasteiger partial charge in [-0.2, -0.15) is 0 Å². The van der Waals surface area contributed by atoms with Gasteiger partial charge in [-0.25, -0.2) is 0 Å². The van der Waals surface area contributed by atoms with E-state index in [-0.39, 0.29) is 0 Å². The molecule has 10 heavy (non-hydrogen) atoms. The minimum Gasteiger partial charge on any atom is -0.0683 e. The van der Waals surface area contributed by atoms with Gasteiger partial charge in [0.25, 0.3) is 0 Å². The highest BCUT2D eigenvalue weighted by molar-refractivity contribution is 4.72. The smallest absolute Gasteiger partial charge is 0.0414 e. The van der Waals surface area contributed by atoms with E-state index in [1.54, 1.807) is 0 Å². The third kappa shape index (κ3) is 6.12. The van der Waals surface area contributed by atoms with Crippen LogP contribution in [0.15, 0.2) is 0 Å². The van der Waals surface area contributed by atoms with Crippen LogP contribution >= 0.6 is 0 Å². The number of rotatable bonds is 3. The molecule has 0 amide bonds. The molecule has 0 unspecified atom stereocenters. The van der Waals surface area contributed by atoms with Crippen LogP contribution in [0.3, 0.4) is 0 Å². The van der Waals surface area contributed by atoms with E-state index in [2.05, 4.69) is 13.8 Å². The van der Waals surface area contributed by atoms with Gasteiger partial charge < -0.3 is 0 Å². The molecule has 1 rings (SSSR count). The van der Waals surface area contributed by atoms with Gasteiger partial charge in [-0.05, 0) is 11.8 Å². The van der Waals surface area contributed by atoms with Crippen molar-refractivity contribution in [2.45, 2.75) is 53.4 Å². The Labute approximate surface area is 66.0 Å². The van der Waals surface area contributed by atoms with Crippen LogP contribution < -0.4 is 0 Å². The van der Waals surface area contributed by atoms with Gasteiger partial charge in [-0.15, -0.1) is 0 Å². The summed E-state index contributed by atoms with van der Waals surface area (Å²) in [7, 11) is 0. The summed E-state index contributed by atoms with van der Waals surface area (Å²) in [5, 5.41) is 0. The Balaban J connectivity index is 0.000000371. The molecule has 0 N–H and O–H groups in total. The molecule has 0 nitrogen and oxygen atoms in total. The van der Waals surface area contributed by atoms with Gasteiger partial charge in [-0.3, -0.25) is 0 Å². The first-order valence-corrected chi connectivity index (χ1v) is 4.79. The Kier molecular flexibility index (Phi) is 5.76. The van der Waals surface area contributed by atoms with Crippen LogP contribution in [0, 0.1) is 11.8 Å². The number of hydrogen-bond acceptors (Lipinski definition) is 0. The summed E-state index contributed by atoms with van der Waals surface area (Å²) < 4.78 is 0. The summed E-state index contributed by atoms with van der Waals surface area (Å²) >= 11 is 0. The molecule has 1 aliphatic rings. The summed E-state index contributed by atoms with van der Waals surface area (Å²) in [6.07, 6.45) is 5.99. The standard InChI is InChI=1S/C8H16.C2H6/c1-7(2)3-4-8-5-6-8;1-2/h7-8H,3-6H2,1-2H3;1-2H3. The summed E-state index contributed by atoms with van der Waals surface area (Å²) in [4.78, 5) is 0. The highest BCUT2D eigenvalue weighted by Crippen LogP contribution is 2.34. The molecule has 0 heterocycles. The predicted molar refractivity (Wildman–Crippen MR) is 48.1 cm³/mol. The van der Waals surface area contributed by atoms with Gasteiger partial charge in [-0.1, -0.05) is 53.4 Å². The van der Waals surface area contributed by atoms with Crippen LogP contribution in [-0.2, 0) is 0 Å². The Morgan fingerprint density at radius 3 is 2.00 bits per heavy atom. The van der Waals surface area contributed by atoms with Crippen molar-refractivity contribution >= 4 is 0 Å². The van der Waals surface area contributed by atoms with Crippen LogP contribution in [0.25, 0.3) is 0 Å². The SMILES string of the molecule is CC.CC(C)CCC1CC1. The molecule has 0 bridgehead atoms. The van der Waals surface area contributed by atoms with Crippen LogP contribution in [0.4, 0.5) is 0 Å². The third-order valence-corrected chi connectivity index (χ3v) is 1.85. The zero-order chi connectivity index (χ0) is 7.98. The molecule has 1 saturated carbocycles. The van der Waals surface area contributed by atoms with E-state index in [4.69, 9.17) is 0 Å². The van der Waals surface area contributed by atoms with E-state index in [1.807, 2.05) is 13.8 Å². The van der Waals surface area contributed by atoms with Crippen LogP contribution in [0.1, 0.15) is 53.4 Å². The molecule has 0 radical (unpaired) electrons. The average molecular weight is 142 g/mol. The van der Waals surface area contributed by atoms with Crippen molar-refractivity contribution < 1.29 is 0 Å². The van der Waals surface area contributed by atoms with Gasteiger partial charge in [0.2, 0.25) is 0 Å². The predicted octanol–water partition coefficient (Wildman–Crippen LogP) is 3.86. The maximum absolute atomic E-state index is 2.31. The lowest BCUT2D eigenvalue weighted by Gasteiger charge is -2.00. The lowest BCUT2D eigenvalue weighted by molar-refractivity contribution is 0.528. The molecular formula is C10H22. The van der Waals surface area contributed by atoms with E-state index < -0.39 is 0 Å². The Morgan fingerprint density at radius 2 is 1.70 bits per heavy atom. The molecule has 0 atom stereocenters. The summed E-state index contributed by atoms with van der Waals surface area (Å²) in [6, 6.07) is 0. The monoisotopic (exact) mass is 142 g/mol. The van der Waals surface area contributed by atoms with Crippen molar-refractivity contribution in [1.82, 2.24) is 0 Å². The summed E-state index contributed by atoms with van der Waals surface area (Å²) in [5.41, 5.74) is 0. The van der Waals surface area contributed by atoms with E-state index >= 15 is 0 Å². The Morgan fingerprint density at radius 1 is 1.20 bits per heavy atom. The maximum atomic E-state index is 2.31. The zero-order valence-corrected chi connectivity index (χ0v) is 7.98. The van der Waals surface area contributed by atoms with Crippen molar-refractivity contribution in [3.8, 4) is 0 Å². The first-order valence-electron chi connectivity index (χ1n) is 4.79. The molecule has 0 aliphatic heterocycles. The van der Waals surface area contributed by atoms with Crippen molar-refractivity contribution in [1.29, 1.82) is 0 Å². The normalized spacial score (nSPS) is 16.5. The third-order valence-electron chi connectivity index (χ3n) is 1.85. The van der Waals surface area contributed by atoms with Gasteiger partial charge in [0.05, 0.1) is 0 Å². The molecule has 1 aliphatic carbocycles. The van der Waals surface area contributed by atoms with Gasteiger partial charge in [0, 0.05) is 0 Å². The van der Waals surface area contributed by atoms with Crippen molar-refractivity contribution in [2.24, 2.45) is 11.8 Å². The molecule has 0 heteroatoms. The second kappa shape index (κ2) is 5.76. The first-order chi connectivity index (χ1) is 4.79. The van der Waals surface area contributed by atoms with Crippen molar-refractivity contribution in [3.63, 3.8) is 0 Å². The van der Waals surface area contributed by atoms with E-state index in [1.165, 1.54) is 25.7 Å². The van der Waals surface area contributed by atoms with Crippen molar-refractivity contribution in [3.05, 3.63) is 0 Å². The quantitative estimate of drug-likeness (QED) is 0.561. The van der Waals surface area contributed by atoms with E-state index in [0.717, 1.165) is 11.8 Å². The molecule has 0 spiro atoms. The van der Waals surface area contributed by atoms with Crippen molar-refractivity contribution in [2.75, 3.05) is 0 Å². The largest absolute Gasteiger partial charge is 0.0683 e. The maximum Gasteiger partial charge on any atom is -0.0414 e. The van der Waals surface area contributed by atoms with Gasteiger partial charge >= 0.3 is 0 Å². The lowest BCUT2D eigenvalue weighted by atomic mass is 10.1. The summed E-state index contributed by atoms with van der Waals surface area (Å²) in [5.74, 6) is 2.06. The summed E-state index contributed by atoms with van der Waals surface area (Å²) in [6.45, 7) is 8.62. The fraction of sp³-hybridized carbons (Fsp3) is 1.00. The van der Waals surface area contributed by atoms with Crippen LogP contribution in [0.2, 0.25) is 0 Å². The second-order valence-corrected chi connectivity index (χ2v) is 3.41. The van der Waals surface area contributed by atoms with Gasteiger partial charge in [0.15, 0.2) is 0 Å². The van der Waals surface area contributed by atoms with E-state index in [9.17, 15) is 0 Å². The molecule has 0 aromatic carbocycles. The topological polar surface area (TPSA) is 0 Å². The average Bonchev–Trinajstić information content (AvgIpc) is 2.70. The fourth-order valence-electron chi connectivity index (χ4n) is 0.976. The molecule has 1 fully saturated rings. The zero-order valence-electron chi connectivity index (χ0n) is 7.98. The molecule has 62 valence electrons. The highest BCUT2D eigenvalue weighted by atomic mass is 14.3. The Bertz CT molecular complexity index is 58.4. The molecule has 0 saturated heterocycles. The number of hydrogen-bond donors (Lipinski definition) is 0. The minimum absolute atomic E-state index is 0.926. The van der Waals surface area contributed by atoms with E-state index in [0.29, 0.717) is 0 Å². The molecule has 0 aromatic heterocycles. The van der Waals surface area contributed by atoms with Gasteiger partial charge in [0.1, 0.15) is 0 Å². The van der Waals surface area contributed by atoms with Crippen LogP contribution in [-0.4, -0.2) is 0 Å². The molecule has 0 aromatic rings. The lowest BCUT2D eigenvalue weighted by Crippen LogP contribution is -1.86. The fourth-order valence-corrected chi connectivity index (χ4v) is 0.976.